The van der Waals surface area contributed by atoms with Crippen molar-refractivity contribution < 1.29 is 4.74 Å². The van der Waals surface area contributed by atoms with Gasteiger partial charge in [0.05, 0.1) is 11.0 Å². The minimum atomic E-state index is -0.200. The molecule has 3 aromatic rings. The van der Waals surface area contributed by atoms with Crippen LogP contribution < -0.4 is 10.4 Å². The highest BCUT2D eigenvalue weighted by atomic mass is 16.5. The van der Waals surface area contributed by atoms with Gasteiger partial charge >= 0.3 is 5.69 Å². The quantitative estimate of drug-likeness (QED) is 0.765. The molecule has 1 fully saturated rings. The Bertz CT molecular complexity index is 813. The molecule has 100 valence electrons. The molecule has 2 N–H and O–H groups in total. The van der Waals surface area contributed by atoms with Gasteiger partial charge in [-0.1, -0.05) is 12.1 Å². The SMILES string of the molecule is O=c1[nH]c2cccc(-c3ccc(OC4CC4)nc3)c2[nH]1. The maximum atomic E-state index is 11.4. The van der Waals surface area contributed by atoms with Crippen LogP contribution in [0.5, 0.6) is 5.88 Å². The molecule has 2 heterocycles. The van der Waals surface area contributed by atoms with E-state index in [9.17, 15) is 4.79 Å². The molecule has 1 saturated carbocycles. The monoisotopic (exact) mass is 267 g/mol. The number of ether oxygens (including phenoxy) is 1. The van der Waals surface area contributed by atoms with Crippen LogP contribution in [-0.2, 0) is 0 Å². The summed E-state index contributed by atoms with van der Waals surface area (Å²) < 4.78 is 5.63. The van der Waals surface area contributed by atoms with Crippen LogP contribution in [0, 0.1) is 0 Å². The van der Waals surface area contributed by atoms with Gasteiger partial charge in [0.2, 0.25) is 5.88 Å². The van der Waals surface area contributed by atoms with Crippen molar-refractivity contribution in [2.45, 2.75) is 18.9 Å². The van der Waals surface area contributed by atoms with E-state index in [1.165, 1.54) is 0 Å². The van der Waals surface area contributed by atoms with Crippen LogP contribution in [0.3, 0.4) is 0 Å². The topological polar surface area (TPSA) is 70.8 Å². The van der Waals surface area contributed by atoms with Crippen molar-refractivity contribution in [1.82, 2.24) is 15.0 Å². The molecule has 1 aliphatic carbocycles. The molecule has 0 unspecified atom stereocenters. The van der Waals surface area contributed by atoms with E-state index < -0.39 is 0 Å². The van der Waals surface area contributed by atoms with Gasteiger partial charge in [-0.2, -0.15) is 0 Å². The Kier molecular flexibility index (Phi) is 2.39. The van der Waals surface area contributed by atoms with Crippen LogP contribution in [0.25, 0.3) is 22.2 Å². The molecule has 2 aromatic heterocycles. The lowest BCUT2D eigenvalue weighted by Gasteiger charge is -2.05. The van der Waals surface area contributed by atoms with Crippen LogP contribution in [0.2, 0.25) is 0 Å². The Balaban J connectivity index is 1.75. The zero-order valence-electron chi connectivity index (χ0n) is 10.7. The molecule has 1 aromatic carbocycles. The van der Waals surface area contributed by atoms with E-state index in [-0.39, 0.29) is 5.69 Å². The van der Waals surface area contributed by atoms with Crippen LogP contribution in [0.1, 0.15) is 12.8 Å². The van der Waals surface area contributed by atoms with Gasteiger partial charge in [-0.3, -0.25) is 0 Å². The molecular weight excluding hydrogens is 254 g/mol. The Hall–Kier alpha value is -2.56. The first kappa shape index (κ1) is 11.3. The highest BCUT2D eigenvalue weighted by molar-refractivity contribution is 5.91. The molecule has 20 heavy (non-hydrogen) atoms. The standard InChI is InChI=1S/C15H13N3O2/c19-15-17-12-3-1-2-11(14(12)18-15)9-4-7-13(16-8-9)20-10-5-6-10/h1-4,7-8,10H,5-6H2,(H2,17,18,19). The summed E-state index contributed by atoms with van der Waals surface area (Å²) in [4.78, 5) is 21.3. The third-order valence-corrected chi connectivity index (χ3v) is 3.41. The van der Waals surface area contributed by atoms with E-state index in [4.69, 9.17) is 4.74 Å². The highest BCUT2D eigenvalue weighted by Crippen LogP contribution is 2.28. The number of fused-ring (bicyclic) bond motifs is 1. The number of pyridine rings is 1. The maximum absolute atomic E-state index is 11.4. The number of aromatic amines is 2. The van der Waals surface area contributed by atoms with E-state index in [0.717, 1.165) is 35.0 Å². The molecular formula is C15H13N3O2. The predicted octanol–water partition coefficient (Wildman–Crippen LogP) is 2.46. The number of aromatic nitrogens is 3. The summed E-state index contributed by atoms with van der Waals surface area (Å²) in [5.41, 5.74) is 3.30. The number of imidazole rings is 1. The number of nitrogens with zero attached hydrogens (tertiary/aromatic N) is 1. The second kappa shape index (κ2) is 4.23. The number of nitrogens with one attached hydrogen (secondary N) is 2. The summed E-state index contributed by atoms with van der Waals surface area (Å²) in [6.45, 7) is 0. The summed E-state index contributed by atoms with van der Waals surface area (Å²) in [7, 11) is 0. The fourth-order valence-electron chi connectivity index (χ4n) is 2.26. The molecule has 0 amide bonds. The van der Waals surface area contributed by atoms with Crippen molar-refractivity contribution in [3.63, 3.8) is 0 Å². The number of para-hydroxylation sites is 1. The van der Waals surface area contributed by atoms with Crippen molar-refractivity contribution in [2.24, 2.45) is 0 Å². The van der Waals surface area contributed by atoms with Crippen LogP contribution in [0.15, 0.2) is 41.3 Å². The number of benzene rings is 1. The minimum absolute atomic E-state index is 0.200. The number of hydrogen-bond donors (Lipinski definition) is 2. The van der Waals surface area contributed by atoms with E-state index in [1.54, 1.807) is 6.20 Å². The fraction of sp³-hybridized carbons (Fsp3) is 0.200. The van der Waals surface area contributed by atoms with Gasteiger partial charge in [-0.05, 0) is 25.0 Å². The molecule has 0 bridgehead atoms. The summed E-state index contributed by atoms with van der Waals surface area (Å²) in [6, 6.07) is 9.58. The summed E-state index contributed by atoms with van der Waals surface area (Å²) in [5.74, 6) is 0.658. The van der Waals surface area contributed by atoms with Gasteiger partial charge in [0.25, 0.3) is 0 Å². The van der Waals surface area contributed by atoms with E-state index in [0.29, 0.717) is 12.0 Å². The van der Waals surface area contributed by atoms with Gasteiger partial charge in [-0.25, -0.2) is 9.78 Å². The van der Waals surface area contributed by atoms with Crippen molar-refractivity contribution in [3.05, 3.63) is 47.0 Å². The Labute approximate surface area is 114 Å². The van der Waals surface area contributed by atoms with Gasteiger partial charge in [0.15, 0.2) is 0 Å². The third-order valence-electron chi connectivity index (χ3n) is 3.41. The van der Waals surface area contributed by atoms with Crippen LogP contribution >= 0.6 is 0 Å². The molecule has 4 rings (SSSR count). The first-order valence-corrected chi connectivity index (χ1v) is 6.64. The second-order valence-corrected chi connectivity index (χ2v) is 5.01. The molecule has 0 saturated heterocycles. The van der Waals surface area contributed by atoms with Crippen LogP contribution in [-0.4, -0.2) is 21.1 Å². The van der Waals surface area contributed by atoms with Gasteiger partial charge in [-0.15, -0.1) is 0 Å². The lowest BCUT2D eigenvalue weighted by atomic mass is 10.1. The lowest BCUT2D eigenvalue weighted by Crippen LogP contribution is -1.99. The molecule has 5 nitrogen and oxygen atoms in total. The van der Waals surface area contributed by atoms with Crippen molar-refractivity contribution in [1.29, 1.82) is 0 Å². The number of rotatable bonds is 3. The molecule has 0 spiro atoms. The second-order valence-electron chi connectivity index (χ2n) is 5.01. The molecule has 5 heteroatoms. The van der Waals surface area contributed by atoms with Crippen molar-refractivity contribution in [3.8, 4) is 17.0 Å². The zero-order chi connectivity index (χ0) is 13.5. The highest BCUT2D eigenvalue weighted by Gasteiger charge is 2.23. The lowest BCUT2D eigenvalue weighted by molar-refractivity contribution is 0.291. The number of hydrogen-bond acceptors (Lipinski definition) is 3. The Morgan fingerprint density at radius 1 is 1.15 bits per heavy atom. The van der Waals surface area contributed by atoms with E-state index >= 15 is 0 Å². The Morgan fingerprint density at radius 3 is 2.80 bits per heavy atom. The zero-order valence-corrected chi connectivity index (χ0v) is 10.7. The van der Waals surface area contributed by atoms with Crippen molar-refractivity contribution in [2.75, 3.05) is 0 Å². The largest absolute Gasteiger partial charge is 0.474 e. The average Bonchev–Trinajstić information content (AvgIpc) is 3.17. The first-order chi connectivity index (χ1) is 9.79. The van der Waals surface area contributed by atoms with E-state index in [1.807, 2.05) is 30.3 Å². The summed E-state index contributed by atoms with van der Waals surface area (Å²) >= 11 is 0. The fourth-order valence-corrected chi connectivity index (χ4v) is 2.26. The van der Waals surface area contributed by atoms with Gasteiger partial charge < -0.3 is 14.7 Å². The smallest absolute Gasteiger partial charge is 0.323 e. The minimum Gasteiger partial charge on any atom is -0.474 e. The molecule has 0 aliphatic heterocycles. The number of H-pyrrole nitrogens is 2. The van der Waals surface area contributed by atoms with Crippen molar-refractivity contribution >= 4 is 11.0 Å². The normalized spacial score (nSPS) is 14.6. The molecule has 0 atom stereocenters. The maximum Gasteiger partial charge on any atom is 0.323 e. The Morgan fingerprint density at radius 2 is 2.05 bits per heavy atom. The van der Waals surface area contributed by atoms with Crippen LogP contribution in [0.4, 0.5) is 0 Å². The first-order valence-electron chi connectivity index (χ1n) is 6.64. The summed E-state index contributed by atoms with van der Waals surface area (Å²) in [5, 5.41) is 0. The van der Waals surface area contributed by atoms with Gasteiger partial charge in [0.1, 0.15) is 6.10 Å². The third kappa shape index (κ3) is 1.97. The predicted molar refractivity (Wildman–Crippen MR) is 75.8 cm³/mol. The molecule has 0 radical (unpaired) electrons. The molecule has 1 aliphatic rings. The van der Waals surface area contributed by atoms with Gasteiger partial charge in [0, 0.05) is 23.4 Å². The summed E-state index contributed by atoms with van der Waals surface area (Å²) in [6.07, 6.45) is 4.36. The average molecular weight is 267 g/mol. The van der Waals surface area contributed by atoms with E-state index in [2.05, 4.69) is 15.0 Å².